The lowest BCUT2D eigenvalue weighted by Crippen LogP contribution is -2.30. The number of nitrogens with zero attached hydrogens (tertiary/aromatic N) is 2. The molecule has 140 valence electrons. The summed E-state index contributed by atoms with van der Waals surface area (Å²) < 4.78 is 31.8. The number of amides is 1. The van der Waals surface area contributed by atoms with Gasteiger partial charge in [0.05, 0.1) is 4.90 Å². The molecule has 0 atom stereocenters. The summed E-state index contributed by atoms with van der Waals surface area (Å²) in [4.78, 5) is 16.4. The molecule has 1 aliphatic rings. The van der Waals surface area contributed by atoms with Gasteiger partial charge in [-0.2, -0.15) is 4.98 Å². The summed E-state index contributed by atoms with van der Waals surface area (Å²) in [5.41, 5.74) is 0.644. The Morgan fingerprint density at radius 2 is 2.08 bits per heavy atom. The van der Waals surface area contributed by atoms with Crippen LogP contribution in [0.25, 0.3) is 0 Å². The lowest BCUT2D eigenvalue weighted by atomic mass is 10.1. The fourth-order valence-corrected chi connectivity index (χ4v) is 4.08. The third kappa shape index (κ3) is 4.40. The van der Waals surface area contributed by atoms with E-state index in [0.29, 0.717) is 23.3 Å². The fourth-order valence-electron chi connectivity index (χ4n) is 3.02. The van der Waals surface area contributed by atoms with Crippen molar-refractivity contribution in [1.82, 2.24) is 14.9 Å². The molecule has 0 unspecified atom stereocenters. The minimum atomic E-state index is -3.91. The van der Waals surface area contributed by atoms with Gasteiger partial charge in [-0.15, -0.1) is 0 Å². The van der Waals surface area contributed by atoms with Crippen LogP contribution in [-0.2, 0) is 21.2 Å². The largest absolute Gasteiger partial charge is 0.388 e. The van der Waals surface area contributed by atoms with Crippen molar-refractivity contribution in [3.05, 3.63) is 36.0 Å². The molecule has 0 bridgehead atoms. The molecule has 1 amide bonds. The van der Waals surface area contributed by atoms with Crippen molar-refractivity contribution in [2.24, 2.45) is 0 Å². The van der Waals surface area contributed by atoms with Crippen molar-refractivity contribution in [2.75, 3.05) is 12.4 Å². The molecule has 1 aliphatic carbocycles. The zero-order valence-electron chi connectivity index (χ0n) is 14.6. The summed E-state index contributed by atoms with van der Waals surface area (Å²) in [7, 11) is -2.22. The molecule has 1 fully saturated rings. The quantitative estimate of drug-likeness (QED) is 0.759. The van der Waals surface area contributed by atoms with Gasteiger partial charge in [-0.25, -0.2) is 13.1 Å². The van der Waals surface area contributed by atoms with Crippen LogP contribution in [0.4, 0.5) is 5.69 Å². The van der Waals surface area contributed by atoms with Gasteiger partial charge in [-0.3, -0.25) is 4.79 Å². The maximum Gasteiger partial charge on any atom is 0.264 e. The Balaban J connectivity index is 1.56. The van der Waals surface area contributed by atoms with E-state index >= 15 is 0 Å². The molecule has 1 saturated carbocycles. The predicted molar refractivity (Wildman–Crippen MR) is 95.1 cm³/mol. The lowest BCUT2D eigenvalue weighted by molar-refractivity contribution is -0.119. The van der Waals surface area contributed by atoms with Gasteiger partial charge in [0, 0.05) is 31.5 Å². The van der Waals surface area contributed by atoms with Crippen molar-refractivity contribution in [2.45, 2.75) is 49.3 Å². The standard InChI is InChI=1S/C17H22N4O4S/c1-18-13-7-4-8-14(11-13)26(23,24)21-15(22)9-10-16-19-17(20-25-16)12-5-2-3-6-12/h4,7-8,11-12,18H,2-3,5-6,9-10H2,1H3,(H,21,22). The van der Waals surface area contributed by atoms with Gasteiger partial charge in [-0.05, 0) is 31.0 Å². The number of anilines is 1. The topological polar surface area (TPSA) is 114 Å². The van der Waals surface area contributed by atoms with E-state index in [1.54, 1.807) is 19.2 Å². The van der Waals surface area contributed by atoms with E-state index in [1.807, 2.05) is 0 Å². The number of hydrogen-bond acceptors (Lipinski definition) is 7. The van der Waals surface area contributed by atoms with Gasteiger partial charge >= 0.3 is 0 Å². The van der Waals surface area contributed by atoms with Crippen LogP contribution in [0, 0.1) is 0 Å². The average Bonchev–Trinajstić information content (AvgIpc) is 3.31. The molecule has 1 heterocycles. The van der Waals surface area contributed by atoms with Crippen molar-refractivity contribution in [3.8, 4) is 0 Å². The molecular weight excluding hydrogens is 356 g/mol. The van der Waals surface area contributed by atoms with Crippen LogP contribution in [0.2, 0.25) is 0 Å². The molecule has 1 aromatic heterocycles. The van der Waals surface area contributed by atoms with E-state index in [1.165, 1.54) is 25.0 Å². The molecule has 0 spiro atoms. The first-order chi connectivity index (χ1) is 12.5. The third-order valence-corrected chi connectivity index (χ3v) is 5.82. The van der Waals surface area contributed by atoms with Crippen molar-refractivity contribution < 1.29 is 17.7 Å². The molecule has 9 heteroatoms. The van der Waals surface area contributed by atoms with Crippen molar-refractivity contribution >= 4 is 21.6 Å². The zero-order valence-corrected chi connectivity index (χ0v) is 15.4. The normalized spacial score (nSPS) is 15.1. The van der Waals surface area contributed by atoms with Crippen LogP contribution < -0.4 is 10.0 Å². The van der Waals surface area contributed by atoms with E-state index in [-0.39, 0.29) is 17.7 Å². The zero-order chi connectivity index (χ0) is 18.6. The Morgan fingerprint density at radius 3 is 2.81 bits per heavy atom. The summed E-state index contributed by atoms with van der Waals surface area (Å²) in [6.07, 6.45) is 4.62. The maximum atomic E-state index is 12.3. The third-order valence-electron chi connectivity index (χ3n) is 4.45. The summed E-state index contributed by atoms with van der Waals surface area (Å²) >= 11 is 0. The lowest BCUT2D eigenvalue weighted by Gasteiger charge is -2.08. The first-order valence-corrected chi connectivity index (χ1v) is 10.1. The number of sulfonamides is 1. The molecule has 3 rings (SSSR count). The number of aryl methyl sites for hydroxylation is 1. The first kappa shape index (κ1) is 18.4. The smallest absolute Gasteiger partial charge is 0.264 e. The van der Waals surface area contributed by atoms with Crippen LogP contribution in [0.5, 0.6) is 0 Å². The minimum absolute atomic E-state index is 0.0269. The number of aromatic nitrogens is 2. The van der Waals surface area contributed by atoms with E-state index in [2.05, 4.69) is 20.2 Å². The fraction of sp³-hybridized carbons (Fsp3) is 0.471. The summed E-state index contributed by atoms with van der Waals surface area (Å²) in [6.45, 7) is 0. The number of rotatable bonds is 7. The molecule has 2 aromatic rings. The van der Waals surface area contributed by atoms with Crippen LogP contribution >= 0.6 is 0 Å². The molecular formula is C17H22N4O4S. The Morgan fingerprint density at radius 1 is 1.31 bits per heavy atom. The highest BCUT2D eigenvalue weighted by molar-refractivity contribution is 7.90. The first-order valence-electron chi connectivity index (χ1n) is 8.64. The molecule has 26 heavy (non-hydrogen) atoms. The van der Waals surface area contributed by atoms with Crippen LogP contribution in [0.3, 0.4) is 0 Å². The Hall–Kier alpha value is -2.42. The second kappa shape index (κ2) is 7.86. The predicted octanol–water partition coefficient (Wildman–Crippen LogP) is 2.21. The van der Waals surface area contributed by atoms with Gasteiger partial charge < -0.3 is 9.84 Å². The van der Waals surface area contributed by atoms with Crippen molar-refractivity contribution in [3.63, 3.8) is 0 Å². The Bertz CT molecular complexity index is 872. The molecule has 0 aliphatic heterocycles. The minimum Gasteiger partial charge on any atom is -0.388 e. The number of nitrogens with one attached hydrogen (secondary N) is 2. The highest BCUT2D eigenvalue weighted by Crippen LogP contribution is 2.32. The molecule has 0 radical (unpaired) electrons. The van der Waals surface area contributed by atoms with E-state index in [4.69, 9.17) is 4.52 Å². The van der Waals surface area contributed by atoms with E-state index < -0.39 is 15.9 Å². The second-order valence-corrected chi connectivity index (χ2v) is 8.02. The van der Waals surface area contributed by atoms with E-state index in [9.17, 15) is 13.2 Å². The van der Waals surface area contributed by atoms with Gasteiger partial charge in [0.2, 0.25) is 11.8 Å². The second-order valence-electron chi connectivity index (χ2n) is 6.33. The molecule has 2 N–H and O–H groups in total. The number of hydrogen-bond donors (Lipinski definition) is 2. The van der Waals surface area contributed by atoms with Crippen LogP contribution in [0.15, 0.2) is 33.7 Å². The SMILES string of the molecule is CNc1cccc(S(=O)(=O)NC(=O)CCc2nc(C3CCCC3)no2)c1. The Kier molecular flexibility index (Phi) is 5.55. The molecule has 8 nitrogen and oxygen atoms in total. The van der Waals surface area contributed by atoms with Gasteiger partial charge in [0.15, 0.2) is 5.82 Å². The van der Waals surface area contributed by atoms with E-state index in [0.717, 1.165) is 12.8 Å². The van der Waals surface area contributed by atoms with Crippen LogP contribution in [-0.4, -0.2) is 31.5 Å². The maximum absolute atomic E-state index is 12.3. The van der Waals surface area contributed by atoms with Crippen LogP contribution in [0.1, 0.15) is 49.7 Å². The number of benzene rings is 1. The highest BCUT2D eigenvalue weighted by atomic mass is 32.2. The van der Waals surface area contributed by atoms with Gasteiger partial charge in [-0.1, -0.05) is 24.1 Å². The molecule has 1 aromatic carbocycles. The summed E-state index contributed by atoms with van der Waals surface area (Å²) in [5, 5.41) is 6.83. The average molecular weight is 378 g/mol. The number of carbonyl (C=O) groups is 1. The summed E-state index contributed by atoms with van der Waals surface area (Å²) in [6, 6.07) is 6.23. The van der Waals surface area contributed by atoms with Gasteiger partial charge in [0.1, 0.15) is 0 Å². The van der Waals surface area contributed by atoms with Gasteiger partial charge in [0.25, 0.3) is 10.0 Å². The summed E-state index contributed by atoms with van der Waals surface area (Å²) in [5.74, 6) is 0.771. The number of carbonyl (C=O) groups excluding carboxylic acids is 1. The Labute approximate surface area is 152 Å². The molecule has 0 saturated heterocycles. The van der Waals surface area contributed by atoms with Crippen molar-refractivity contribution in [1.29, 1.82) is 0 Å². The highest BCUT2D eigenvalue weighted by Gasteiger charge is 2.23. The monoisotopic (exact) mass is 378 g/mol.